The second-order valence-electron chi connectivity index (χ2n) is 4.43. The van der Waals surface area contributed by atoms with E-state index in [4.69, 9.17) is 11.6 Å². The molecule has 0 atom stereocenters. The Kier molecular flexibility index (Phi) is 4.37. The van der Waals surface area contributed by atoms with Crippen LogP contribution in [0.4, 0.5) is 0 Å². The highest BCUT2D eigenvalue weighted by molar-refractivity contribution is 7.09. The lowest BCUT2D eigenvalue weighted by atomic mass is 10.1. The van der Waals surface area contributed by atoms with Gasteiger partial charge in [-0.15, -0.1) is 11.3 Å². The molecule has 0 aromatic carbocycles. The maximum Gasteiger partial charge on any atom is 0.144 e. The van der Waals surface area contributed by atoms with Crippen molar-refractivity contribution in [2.75, 3.05) is 0 Å². The molecular weight excluding hydrogens is 282 g/mol. The highest BCUT2D eigenvalue weighted by Gasteiger charge is 2.16. The first-order valence-corrected chi connectivity index (χ1v) is 7.40. The molecular formula is C13H16ClN3OS. The van der Waals surface area contributed by atoms with E-state index in [1.807, 2.05) is 26.3 Å². The third-order valence-electron chi connectivity index (χ3n) is 2.91. The van der Waals surface area contributed by atoms with Gasteiger partial charge in [-0.3, -0.25) is 9.48 Å². The van der Waals surface area contributed by atoms with E-state index in [1.54, 1.807) is 16.0 Å². The lowest BCUT2D eigenvalue weighted by Crippen LogP contribution is -2.10. The Morgan fingerprint density at radius 2 is 2.21 bits per heavy atom. The minimum atomic E-state index is 0.109. The number of carbonyl (C=O) groups is 1. The van der Waals surface area contributed by atoms with Gasteiger partial charge in [-0.1, -0.05) is 18.5 Å². The summed E-state index contributed by atoms with van der Waals surface area (Å²) in [5.74, 6) is 0.109. The minimum absolute atomic E-state index is 0.109. The molecule has 0 saturated heterocycles. The first-order valence-electron chi connectivity index (χ1n) is 6.14. The number of rotatable bonds is 5. The predicted molar refractivity (Wildman–Crippen MR) is 76.9 cm³/mol. The standard InChI is InChI=1S/C13H16ClN3OS/c1-4-11-13(14)12(17(3)16-11)6-10(18)5-9-7-19-8(2)15-9/h7H,4-6H2,1-3H3. The van der Waals surface area contributed by atoms with Crippen LogP contribution in [0.15, 0.2) is 5.38 Å². The Morgan fingerprint density at radius 1 is 1.47 bits per heavy atom. The van der Waals surface area contributed by atoms with E-state index < -0.39 is 0 Å². The van der Waals surface area contributed by atoms with Gasteiger partial charge in [0, 0.05) is 18.8 Å². The summed E-state index contributed by atoms with van der Waals surface area (Å²) in [5, 5.41) is 7.84. The van der Waals surface area contributed by atoms with Crippen molar-refractivity contribution in [2.45, 2.75) is 33.1 Å². The largest absolute Gasteiger partial charge is 0.299 e. The Morgan fingerprint density at radius 3 is 2.74 bits per heavy atom. The van der Waals surface area contributed by atoms with Crippen LogP contribution >= 0.6 is 22.9 Å². The first-order chi connectivity index (χ1) is 9.01. The van der Waals surface area contributed by atoms with Crippen molar-refractivity contribution in [2.24, 2.45) is 7.05 Å². The Labute approximate surface area is 121 Å². The molecule has 0 spiro atoms. The van der Waals surface area contributed by atoms with E-state index in [2.05, 4.69) is 10.1 Å². The normalized spacial score (nSPS) is 10.9. The summed E-state index contributed by atoms with van der Waals surface area (Å²) in [6.07, 6.45) is 1.43. The zero-order valence-corrected chi connectivity index (χ0v) is 12.8. The van der Waals surface area contributed by atoms with Gasteiger partial charge in [0.25, 0.3) is 0 Å². The molecule has 0 aliphatic rings. The maximum atomic E-state index is 12.1. The zero-order valence-electron chi connectivity index (χ0n) is 11.2. The molecule has 0 bridgehead atoms. The smallest absolute Gasteiger partial charge is 0.144 e. The number of nitrogens with zero attached hydrogens (tertiary/aromatic N) is 3. The van der Waals surface area contributed by atoms with Gasteiger partial charge in [0.15, 0.2) is 0 Å². The summed E-state index contributed by atoms with van der Waals surface area (Å²) < 4.78 is 1.70. The van der Waals surface area contributed by atoms with Gasteiger partial charge < -0.3 is 0 Å². The zero-order chi connectivity index (χ0) is 14.0. The molecule has 0 saturated carbocycles. The number of Topliss-reactive ketones (excluding diaryl/α,β-unsaturated/α-hetero) is 1. The van der Waals surface area contributed by atoms with Crippen molar-refractivity contribution in [3.63, 3.8) is 0 Å². The third kappa shape index (κ3) is 3.22. The number of carbonyl (C=O) groups excluding carboxylic acids is 1. The fourth-order valence-corrected chi connectivity index (χ4v) is 2.93. The molecule has 0 N–H and O–H groups in total. The van der Waals surface area contributed by atoms with Crippen molar-refractivity contribution >= 4 is 28.7 Å². The Bertz CT molecular complexity index is 603. The van der Waals surface area contributed by atoms with Crippen LogP contribution in [0.2, 0.25) is 5.02 Å². The molecule has 2 aromatic rings. The molecule has 0 fully saturated rings. The molecule has 0 amide bonds. The fourth-order valence-electron chi connectivity index (χ4n) is 1.95. The van der Waals surface area contributed by atoms with E-state index in [1.165, 1.54) is 0 Å². The second kappa shape index (κ2) is 5.84. The van der Waals surface area contributed by atoms with Gasteiger partial charge in [-0.05, 0) is 13.3 Å². The maximum absolute atomic E-state index is 12.1. The van der Waals surface area contributed by atoms with Crippen molar-refractivity contribution < 1.29 is 4.79 Å². The van der Waals surface area contributed by atoms with Gasteiger partial charge in [0.2, 0.25) is 0 Å². The second-order valence-corrected chi connectivity index (χ2v) is 5.87. The third-order valence-corrected chi connectivity index (χ3v) is 4.17. The summed E-state index contributed by atoms with van der Waals surface area (Å²) in [6.45, 7) is 3.93. The molecule has 2 rings (SSSR count). The molecule has 19 heavy (non-hydrogen) atoms. The number of ketones is 1. The molecule has 102 valence electrons. The molecule has 0 radical (unpaired) electrons. The molecule has 0 unspecified atom stereocenters. The minimum Gasteiger partial charge on any atom is -0.299 e. The van der Waals surface area contributed by atoms with Gasteiger partial charge in [-0.25, -0.2) is 4.98 Å². The quantitative estimate of drug-likeness (QED) is 0.852. The Balaban J connectivity index is 2.09. The Hall–Kier alpha value is -1.20. The van der Waals surface area contributed by atoms with Crippen LogP contribution in [0.1, 0.15) is 29.0 Å². The van der Waals surface area contributed by atoms with Gasteiger partial charge in [-0.2, -0.15) is 5.10 Å². The van der Waals surface area contributed by atoms with Crippen molar-refractivity contribution in [1.82, 2.24) is 14.8 Å². The highest BCUT2D eigenvalue weighted by Crippen LogP contribution is 2.22. The number of hydrogen-bond donors (Lipinski definition) is 0. The van der Waals surface area contributed by atoms with Gasteiger partial charge >= 0.3 is 0 Å². The lowest BCUT2D eigenvalue weighted by Gasteiger charge is -2.01. The molecule has 2 heterocycles. The van der Waals surface area contributed by atoms with E-state index in [-0.39, 0.29) is 5.78 Å². The lowest BCUT2D eigenvalue weighted by molar-refractivity contribution is -0.117. The van der Waals surface area contributed by atoms with Crippen molar-refractivity contribution in [3.8, 4) is 0 Å². The summed E-state index contributed by atoms with van der Waals surface area (Å²) in [4.78, 5) is 16.4. The number of aromatic nitrogens is 3. The van der Waals surface area contributed by atoms with Gasteiger partial charge in [0.1, 0.15) is 5.78 Å². The predicted octanol–water partition coefficient (Wildman–Crippen LogP) is 2.76. The number of thiazole rings is 1. The molecule has 0 aliphatic carbocycles. The van der Waals surface area contributed by atoms with Crippen LogP contribution < -0.4 is 0 Å². The van der Waals surface area contributed by atoms with E-state index in [0.29, 0.717) is 17.9 Å². The number of aryl methyl sites for hydroxylation is 3. The van der Waals surface area contributed by atoms with Crippen molar-refractivity contribution in [3.05, 3.63) is 32.5 Å². The van der Waals surface area contributed by atoms with E-state index in [0.717, 1.165) is 28.5 Å². The van der Waals surface area contributed by atoms with E-state index >= 15 is 0 Å². The topological polar surface area (TPSA) is 47.8 Å². The van der Waals surface area contributed by atoms with Gasteiger partial charge in [0.05, 0.1) is 33.5 Å². The molecule has 0 aliphatic heterocycles. The fraction of sp³-hybridized carbons (Fsp3) is 0.462. The van der Waals surface area contributed by atoms with Crippen LogP contribution in [0.5, 0.6) is 0 Å². The molecule has 6 heteroatoms. The monoisotopic (exact) mass is 297 g/mol. The SMILES string of the molecule is CCc1nn(C)c(CC(=O)Cc2csc(C)n2)c1Cl. The first kappa shape index (κ1) is 14.2. The molecule has 4 nitrogen and oxygen atoms in total. The van der Waals surface area contributed by atoms with E-state index in [9.17, 15) is 4.79 Å². The van der Waals surface area contributed by atoms with Crippen LogP contribution in [-0.2, 0) is 31.1 Å². The average Bonchev–Trinajstić information content (AvgIpc) is 2.87. The number of hydrogen-bond acceptors (Lipinski definition) is 4. The average molecular weight is 298 g/mol. The van der Waals surface area contributed by atoms with Crippen LogP contribution in [0, 0.1) is 6.92 Å². The summed E-state index contributed by atoms with van der Waals surface area (Å²) in [7, 11) is 1.82. The van der Waals surface area contributed by atoms with Crippen LogP contribution in [-0.4, -0.2) is 20.5 Å². The van der Waals surface area contributed by atoms with Crippen LogP contribution in [0.25, 0.3) is 0 Å². The summed E-state index contributed by atoms with van der Waals surface area (Å²) >= 11 is 7.79. The summed E-state index contributed by atoms with van der Waals surface area (Å²) in [6, 6.07) is 0. The number of halogens is 1. The molecule has 2 aromatic heterocycles. The van der Waals surface area contributed by atoms with Crippen LogP contribution in [0.3, 0.4) is 0 Å². The highest BCUT2D eigenvalue weighted by atomic mass is 35.5. The summed E-state index contributed by atoms with van der Waals surface area (Å²) in [5.41, 5.74) is 2.47. The van der Waals surface area contributed by atoms with Crippen molar-refractivity contribution in [1.29, 1.82) is 0 Å².